The Morgan fingerprint density at radius 2 is 1.80 bits per heavy atom. The van der Waals surface area contributed by atoms with Crippen LogP contribution >= 0.6 is 0 Å². The Bertz CT molecular complexity index is 1140. The number of hydrogen-bond acceptors (Lipinski definition) is 4. The van der Waals surface area contributed by atoms with Gasteiger partial charge in [-0.15, -0.1) is 5.10 Å². The second kappa shape index (κ2) is 8.78. The number of ether oxygens (including phenoxy) is 1. The van der Waals surface area contributed by atoms with Crippen molar-refractivity contribution in [2.45, 2.75) is 32.4 Å². The minimum absolute atomic E-state index is 0.0301. The molecule has 1 atom stereocenters. The molecule has 3 aromatic carbocycles. The first kappa shape index (κ1) is 19.6. The van der Waals surface area contributed by atoms with Gasteiger partial charge in [0.1, 0.15) is 17.9 Å². The summed E-state index contributed by atoms with van der Waals surface area (Å²) in [5, 5.41) is 17.5. The van der Waals surface area contributed by atoms with Crippen molar-refractivity contribution in [1.29, 1.82) is 0 Å². The van der Waals surface area contributed by atoms with Gasteiger partial charge in [-0.2, -0.15) is 0 Å². The van der Waals surface area contributed by atoms with E-state index in [0.29, 0.717) is 13.2 Å². The largest absolute Gasteiger partial charge is 0.489 e. The molecule has 0 bridgehead atoms. The fraction of sp³-hybridized carbons (Fsp3) is 0.208. The van der Waals surface area contributed by atoms with E-state index < -0.39 is 5.97 Å². The van der Waals surface area contributed by atoms with E-state index >= 15 is 0 Å². The molecule has 1 aromatic heterocycles. The average Bonchev–Trinajstić information content (AvgIpc) is 3.15. The van der Waals surface area contributed by atoms with Gasteiger partial charge in [0.05, 0.1) is 18.5 Å². The zero-order chi connectivity index (χ0) is 20.9. The van der Waals surface area contributed by atoms with Crippen LogP contribution in [0.15, 0.2) is 72.8 Å². The molecule has 0 amide bonds. The second-order valence-electron chi connectivity index (χ2n) is 7.41. The van der Waals surface area contributed by atoms with Crippen LogP contribution in [0.2, 0.25) is 0 Å². The molecule has 0 fully saturated rings. The highest BCUT2D eigenvalue weighted by Gasteiger charge is 2.10. The summed E-state index contributed by atoms with van der Waals surface area (Å²) in [6.45, 7) is 3.01. The molecule has 1 heterocycles. The molecule has 0 aliphatic carbocycles. The SMILES string of the molecule is C[C@@H](CC(=O)O)c1ccc(OCc2ccc3c(c2)nnn3Cc2ccccc2)cc1. The monoisotopic (exact) mass is 401 g/mol. The standard InChI is InChI=1S/C24H23N3O3/c1-17(13-24(28)29)20-8-10-21(11-9-20)30-16-19-7-12-23-22(14-19)25-26-27(23)15-18-5-3-2-4-6-18/h2-12,14,17H,13,15-16H2,1H3,(H,28,29)/t17-/m0/s1. The molecule has 0 spiro atoms. The van der Waals surface area contributed by atoms with Gasteiger partial charge in [0.2, 0.25) is 0 Å². The first-order valence-corrected chi connectivity index (χ1v) is 9.89. The number of aromatic nitrogens is 3. The zero-order valence-electron chi connectivity index (χ0n) is 16.7. The predicted octanol–water partition coefficient (Wildman–Crippen LogP) is 4.64. The number of rotatable bonds is 8. The summed E-state index contributed by atoms with van der Waals surface area (Å²) in [6, 6.07) is 23.8. The van der Waals surface area contributed by atoms with Crippen LogP contribution in [0.4, 0.5) is 0 Å². The van der Waals surface area contributed by atoms with Gasteiger partial charge in [-0.1, -0.05) is 60.7 Å². The van der Waals surface area contributed by atoms with Gasteiger partial charge in [0, 0.05) is 0 Å². The van der Waals surface area contributed by atoms with Gasteiger partial charge in [-0.05, 0) is 46.9 Å². The second-order valence-corrected chi connectivity index (χ2v) is 7.41. The highest BCUT2D eigenvalue weighted by atomic mass is 16.5. The quantitative estimate of drug-likeness (QED) is 0.465. The molecule has 0 unspecified atom stereocenters. The molecule has 0 saturated heterocycles. The van der Waals surface area contributed by atoms with Crippen LogP contribution < -0.4 is 4.74 Å². The number of fused-ring (bicyclic) bond motifs is 1. The number of aliphatic carboxylic acids is 1. The van der Waals surface area contributed by atoms with Crippen LogP contribution in [0.5, 0.6) is 5.75 Å². The molecule has 0 aliphatic heterocycles. The molecule has 0 aliphatic rings. The van der Waals surface area contributed by atoms with E-state index in [4.69, 9.17) is 9.84 Å². The Labute approximate surface area is 174 Å². The van der Waals surface area contributed by atoms with Crippen LogP contribution in [0.25, 0.3) is 11.0 Å². The normalized spacial score (nSPS) is 12.0. The van der Waals surface area contributed by atoms with E-state index in [9.17, 15) is 4.79 Å². The zero-order valence-corrected chi connectivity index (χ0v) is 16.7. The summed E-state index contributed by atoms with van der Waals surface area (Å²) in [4.78, 5) is 10.9. The van der Waals surface area contributed by atoms with E-state index in [0.717, 1.165) is 27.9 Å². The number of nitrogens with zero attached hydrogens (tertiary/aromatic N) is 3. The Kier molecular flexibility index (Phi) is 5.75. The first-order chi connectivity index (χ1) is 14.6. The minimum Gasteiger partial charge on any atom is -0.489 e. The van der Waals surface area contributed by atoms with Gasteiger partial charge in [-0.3, -0.25) is 4.79 Å². The fourth-order valence-corrected chi connectivity index (χ4v) is 3.42. The van der Waals surface area contributed by atoms with Crippen molar-refractivity contribution >= 4 is 17.0 Å². The van der Waals surface area contributed by atoms with Crippen LogP contribution in [0.3, 0.4) is 0 Å². The molecule has 0 radical (unpaired) electrons. The Morgan fingerprint density at radius 1 is 1.03 bits per heavy atom. The van der Waals surface area contributed by atoms with Crippen LogP contribution in [-0.4, -0.2) is 26.1 Å². The summed E-state index contributed by atoms with van der Waals surface area (Å²) in [5.41, 5.74) is 5.00. The lowest BCUT2D eigenvalue weighted by Gasteiger charge is -2.11. The van der Waals surface area contributed by atoms with Crippen molar-refractivity contribution in [1.82, 2.24) is 15.0 Å². The molecule has 0 saturated carbocycles. The minimum atomic E-state index is -0.793. The van der Waals surface area contributed by atoms with Crippen LogP contribution in [0.1, 0.15) is 36.0 Å². The molecule has 6 heteroatoms. The molecule has 152 valence electrons. The highest BCUT2D eigenvalue weighted by molar-refractivity contribution is 5.75. The van der Waals surface area contributed by atoms with Crippen LogP contribution in [0, 0.1) is 0 Å². The molecule has 1 N–H and O–H groups in total. The van der Waals surface area contributed by atoms with E-state index in [-0.39, 0.29) is 12.3 Å². The predicted molar refractivity (Wildman–Crippen MR) is 115 cm³/mol. The van der Waals surface area contributed by atoms with Crippen molar-refractivity contribution in [2.75, 3.05) is 0 Å². The van der Waals surface area contributed by atoms with E-state index in [1.165, 1.54) is 5.56 Å². The number of hydrogen-bond donors (Lipinski definition) is 1. The van der Waals surface area contributed by atoms with Gasteiger partial charge in [0.15, 0.2) is 0 Å². The van der Waals surface area contributed by atoms with Gasteiger partial charge in [0.25, 0.3) is 0 Å². The van der Waals surface area contributed by atoms with Gasteiger partial charge < -0.3 is 9.84 Å². The number of carboxylic acids is 1. The molecule has 6 nitrogen and oxygen atoms in total. The number of carbonyl (C=O) groups is 1. The van der Waals surface area contributed by atoms with Crippen molar-refractivity contribution in [3.63, 3.8) is 0 Å². The maximum atomic E-state index is 10.9. The van der Waals surface area contributed by atoms with Crippen molar-refractivity contribution in [3.05, 3.63) is 89.5 Å². The van der Waals surface area contributed by atoms with Crippen molar-refractivity contribution in [2.24, 2.45) is 0 Å². The third-order valence-electron chi connectivity index (χ3n) is 5.09. The summed E-state index contributed by atoms with van der Waals surface area (Å²) >= 11 is 0. The smallest absolute Gasteiger partial charge is 0.303 e. The van der Waals surface area contributed by atoms with E-state index in [1.54, 1.807) is 0 Å². The molecule has 4 rings (SSSR count). The number of carboxylic acid groups (broad SMARTS) is 1. The van der Waals surface area contributed by atoms with Crippen LogP contribution in [-0.2, 0) is 17.9 Å². The third kappa shape index (κ3) is 4.66. The maximum absolute atomic E-state index is 10.9. The topological polar surface area (TPSA) is 77.2 Å². The molecule has 30 heavy (non-hydrogen) atoms. The fourth-order valence-electron chi connectivity index (χ4n) is 3.42. The van der Waals surface area contributed by atoms with Crippen molar-refractivity contribution in [3.8, 4) is 5.75 Å². The summed E-state index contributed by atoms with van der Waals surface area (Å²) in [5.74, 6) is -0.0783. The molecular formula is C24H23N3O3. The van der Waals surface area contributed by atoms with Crippen molar-refractivity contribution < 1.29 is 14.6 Å². The molecule has 4 aromatic rings. The summed E-state index contributed by atoms with van der Waals surface area (Å²) < 4.78 is 7.78. The third-order valence-corrected chi connectivity index (χ3v) is 5.09. The Morgan fingerprint density at radius 3 is 2.53 bits per heavy atom. The molecular weight excluding hydrogens is 378 g/mol. The average molecular weight is 401 g/mol. The van der Waals surface area contributed by atoms with E-state index in [2.05, 4.69) is 22.4 Å². The summed E-state index contributed by atoms with van der Waals surface area (Å²) in [7, 11) is 0. The Hall–Kier alpha value is -3.67. The lowest BCUT2D eigenvalue weighted by atomic mass is 9.98. The number of benzene rings is 3. The lowest BCUT2D eigenvalue weighted by Crippen LogP contribution is -2.03. The van der Waals surface area contributed by atoms with E-state index in [1.807, 2.05) is 72.3 Å². The highest BCUT2D eigenvalue weighted by Crippen LogP contribution is 2.23. The Balaban J connectivity index is 1.40. The summed E-state index contributed by atoms with van der Waals surface area (Å²) in [6.07, 6.45) is 0.116. The van der Waals surface area contributed by atoms with Gasteiger partial charge >= 0.3 is 5.97 Å². The first-order valence-electron chi connectivity index (χ1n) is 9.89. The van der Waals surface area contributed by atoms with Gasteiger partial charge in [-0.25, -0.2) is 4.68 Å². The lowest BCUT2D eigenvalue weighted by molar-refractivity contribution is -0.137. The maximum Gasteiger partial charge on any atom is 0.303 e.